The van der Waals surface area contributed by atoms with Gasteiger partial charge in [0.05, 0.1) is 0 Å². The normalized spacial score (nSPS) is 20.0. The van der Waals surface area contributed by atoms with E-state index in [1.54, 1.807) is 6.08 Å². The highest BCUT2D eigenvalue weighted by molar-refractivity contribution is 5.80. The van der Waals surface area contributed by atoms with Crippen molar-refractivity contribution in [1.82, 2.24) is 15.5 Å². The van der Waals surface area contributed by atoms with Crippen LogP contribution in [0.4, 0.5) is 0 Å². The van der Waals surface area contributed by atoms with Gasteiger partial charge >= 0.3 is 0 Å². The fraction of sp³-hybridized carbons (Fsp3) is 0.609. The number of piperidine rings is 1. The van der Waals surface area contributed by atoms with E-state index in [1.807, 2.05) is 25.2 Å². The molecule has 0 aromatic heterocycles. The fourth-order valence-electron chi connectivity index (χ4n) is 4.36. The minimum Gasteiger partial charge on any atom is -0.489 e. The number of ether oxygens (including phenoxy) is 1. The van der Waals surface area contributed by atoms with Crippen LogP contribution in [0.2, 0.25) is 0 Å². The van der Waals surface area contributed by atoms with Crippen molar-refractivity contribution in [2.75, 3.05) is 26.7 Å². The molecule has 1 saturated carbocycles. The second-order valence-corrected chi connectivity index (χ2v) is 7.88. The van der Waals surface area contributed by atoms with Crippen molar-refractivity contribution in [2.45, 2.75) is 63.6 Å². The third-order valence-electron chi connectivity index (χ3n) is 5.96. The zero-order chi connectivity index (χ0) is 19.6. The van der Waals surface area contributed by atoms with Gasteiger partial charge in [0.1, 0.15) is 12.4 Å². The highest BCUT2D eigenvalue weighted by Crippen LogP contribution is 2.25. The smallest absolute Gasteiger partial charge is 0.191 e. The number of hydrogen-bond donors (Lipinski definition) is 2. The fourth-order valence-corrected chi connectivity index (χ4v) is 4.36. The lowest BCUT2D eigenvalue weighted by atomic mass is 9.92. The Kier molecular flexibility index (Phi) is 8.22. The first-order chi connectivity index (χ1) is 13.8. The summed E-state index contributed by atoms with van der Waals surface area (Å²) in [5.74, 6) is 1.76. The lowest BCUT2D eigenvalue weighted by Gasteiger charge is -2.39. The lowest BCUT2D eigenvalue weighted by molar-refractivity contribution is 0.119. The maximum absolute atomic E-state index is 5.75. The van der Waals surface area contributed by atoms with E-state index in [1.165, 1.54) is 58.0 Å². The molecule has 1 aliphatic heterocycles. The first-order valence-electron chi connectivity index (χ1n) is 10.8. The van der Waals surface area contributed by atoms with E-state index in [9.17, 15) is 0 Å². The van der Waals surface area contributed by atoms with E-state index in [0.29, 0.717) is 19.2 Å². The molecule has 0 radical (unpaired) electrons. The topological polar surface area (TPSA) is 48.9 Å². The molecule has 1 aromatic carbocycles. The summed E-state index contributed by atoms with van der Waals surface area (Å²) >= 11 is 0. The van der Waals surface area contributed by atoms with Crippen LogP contribution in [-0.2, 0) is 6.54 Å². The van der Waals surface area contributed by atoms with Crippen LogP contribution in [-0.4, -0.2) is 49.7 Å². The molecule has 2 N–H and O–H groups in total. The molecule has 0 spiro atoms. The summed E-state index contributed by atoms with van der Waals surface area (Å²) in [7, 11) is 1.84. The summed E-state index contributed by atoms with van der Waals surface area (Å²) in [5, 5.41) is 7.06. The number of likely N-dealkylation sites (tertiary alicyclic amines) is 1. The van der Waals surface area contributed by atoms with Gasteiger partial charge in [-0.3, -0.25) is 4.99 Å². The zero-order valence-corrected chi connectivity index (χ0v) is 17.3. The maximum atomic E-state index is 5.75. The van der Waals surface area contributed by atoms with Crippen molar-refractivity contribution < 1.29 is 4.74 Å². The Labute approximate surface area is 170 Å². The number of guanidine groups is 1. The van der Waals surface area contributed by atoms with E-state index >= 15 is 0 Å². The lowest BCUT2D eigenvalue weighted by Crippen LogP contribution is -2.50. The summed E-state index contributed by atoms with van der Waals surface area (Å²) in [6, 6.07) is 9.45. The van der Waals surface area contributed by atoms with Crippen LogP contribution in [0.5, 0.6) is 5.75 Å². The summed E-state index contributed by atoms with van der Waals surface area (Å²) < 4.78 is 5.75. The first kappa shape index (κ1) is 20.7. The van der Waals surface area contributed by atoms with E-state index < -0.39 is 0 Å². The van der Waals surface area contributed by atoms with Crippen LogP contribution in [0, 0.1) is 0 Å². The van der Waals surface area contributed by atoms with Gasteiger partial charge < -0.3 is 20.3 Å². The number of hydrogen-bond acceptors (Lipinski definition) is 3. The van der Waals surface area contributed by atoms with Crippen molar-refractivity contribution in [1.29, 1.82) is 0 Å². The molecule has 0 bridgehead atoms. The molecule has 5 nitrogen and oxygen atoms in total. The van der Waals surface area contributed by atoms with Gasteiger partial charge in [-0.1, -0.05) is 50.1 Å². The summed E-state index contributed by atoms with van der Waals surface area (Å²) in [6.45, 7) is 7.34. The molecule has 0 amide bonds. The SMILES string of the molecule is C=CCOc1ccccc1CNC(=NC)NC1CCN(C2CCCCC2)CC1. The zero-order valence-electron chi connectivity index (χ0n) is 17.3. The standard InChI is InChI=1S/C23H36N4O/c1-3-17-28-22-12-8-7-9-19(22)18-25-23(24-2)26-20-13-15-27(16-14-20)21-10-5-4-6-11-21/h3,7-9,12,20-21H,1,4-6,10-11,13-18H2,2H3,(H2,24,25,26). The minimum atomic E-state index is 0.498. The highest BCUT2D eigenvalue weighted by Gasteiger charge is 2.26. The maximum Gasteiger partial charge on any atom is 0.191 e. The second kappa shape index (κ2) is 11.1. The van der Waals surface area contributed by atoms with Gasteiger partial charge in [0.25, 0.3) is 0 Å². The number of benzene rings is 1. The van der Waals surface area contributed by atoms with E-state index in [-0.39, 0.29) is 0 Å². The molecule has 1 saturated heterocycles. The van der Waals surface area contributed by atoms with E-state index in [4.69, 9.17) is 4.74 Å². The number of aliphatic imine (C=N–C) groups is 1. The Morgan fingerprint density at radius 2 is 1.93 bits per heavy atom. The predicted octanol–water partition coefficient (Wildman–Crippen LogP) is 3.71. The molecule has 1 aromatic rings. The number of nitrogens with zero attached hydrogens (tertiary/aromatic N) is 2. The van der Waals surface area contributed by atoms with Crippen molar-refractivity contribution in [3.8, 4) is 5.75 Å². The number of para-hydroxylation sites is 1. The highest BCUT2D eigenvalue weighted by atomic mass is 16.5. The number of nitrogens with one attached hydrogen (secondary N) is 2. The summed E-state index contributed by atoms with van der Waals surface area (Å²) in [4.78, 5) is 7.14. The number of rotatable bonds is 7. The molecule has 3 rings (SSSR count). The molecule has 28 heavy (non-hydrogen) atoms. The summed E-state index contributed by atoms with van der Waals surface area (Å²) in [6.07, 6.45) is 11.2. The molecule has 2 aliphatic rings. The monoisotopic (exact) mass is 384 g/mol. The van der Waals surface area contributed by atoms with Crippen LogP contribution >= 0.6 is 0 Å². The summed E-state index contributed by atoms with van der Waals surface area (Å²) in [5.41, 5.74) is 1.12. The van der Waals surface area contributed by atoms with Crippen LogP contribution in [0.1, 0.15) is 50.5 Å². The Morgan fingerprint density at radius 3 is 2.64 bits per heavy atom. The Morgan fingerprint density at radius 1 is 1.18 bits per heavy atom. The van der Waals surface area contributed by atoms with Gasteiger partial charge in [0.15, 0.2) is 5.96 Å². The van der Waals surface area contributed by atoms with Gasteiger partial charge in [-0.15, -0.1) is 0 Å². The molecule has 2 fully saturated rings. The Hall–Kier alpha value is -2.01. The molecule has 154 valence electrons. The molecular formula is C23H36N4O. The molecule has 1 heterocycles. The van der Waals surface area contributed by atoms with Crippen LogP contribution in [0.3, 0.4) is 0 Å². The largest absolute Gasteiger partial charge is 0.489 e. The van der Waals surface area contributed by atoms with Crippen molar-refractivity contribution in [3.63, 3.8) is 0 Å². The van der Waals surface area contributed by atoms with E-state index in [0.717, 1.165) is 23.3 Å². The van der Waals surface area contributed by atoms with E-state index in [2.05, 4.69) is 33.2 Å². The van der Waals surface area contributed by atoms with Crippen molar-refractivity contribution in [2.24, 2.45) is 4.99 Å². The van der Waals surface area contributed by atoms with Crippen molar-refractivity contribution in [3.05, 3.63) is 42.5 Å². The average molecular weight is 385 g/mol. The molecule has 1 aliphatic carbocycles. The molecule has 0 unspecified atom stereocenters. The second-order valence-electron chi connectivity index (χ2n) is 7.88. The van der Waals surface area contributed by atoms with Crippen LogP contribution < -0.4 is 15.4 Å². The quantitative estimate of drug-likeness (QED) is 0.427. The minimum absolute atomic E-state index is 0.498. The average Bonchev–Trinajstić information content (AvgIpc) is 2.76. The third-order valence-corrected chi connectivity index (χ3v) is 5.96. The van der Waals surface area contributed by atoms with Gasteiger partial charge in [-0.2, -0.15) is 0 Å². The molecule has 5 heteroatoms. The van der Waals surface area contributed by atoms with Gasteiger partial charge in [-0.25, -0.2) is 0 Å². The first-order valence-corrected chi connectivity index (χ1v) is 10.8. The van der Waals surface area contributed by atoms with Gasteiger partial charge in [0.2, 0.25) is 0 Å². The van der Waals surface area contributed by atoms with Crippen LogP contribution in [0.15, 0.2) is 41.9 Å². The third kappa shape index (κ3) is 5.99. The van der Waals surface area contributed by atoms with Crippen LogP contribution in [0.25, 0.3) is 0 Å². The van der Waals surface area contributed by atoms with Gasteiger partial charge in [-0.05, 0) is 31.7 Å². The Bertz CT molecular complexity index is 631. The van der Waals surface area contributed by atoms with Gasteiger partial charge in [0, 0.05) is 44.3 Å². The molecular weight excluding hydrogens is 348 g/mol. The molecule has 0 atom stereocenters. The Balaban J connectivity index is 1.45. The van der Waals surface area contributed by atoms with Crippen molar-refractivity contribution >= 4 is 5.96 Å². The predicted molar refractivity (Wildman–Crippen MR) is 117 cm³/mol.